The Bertz CT molecular complexity index is 508. The fourth-order valence-electron chi connectivity index (χ4n) is 3.29. The second-order valence-corrected chi connectivity index (χ2v) is 6.15. The van der Waals surface area contributed by atoms with E-state index in [4.69, 9.17) is 4.74 Å². The maximum Gasteiger partial charge on any atom is 0.227 e. The van der Waals surface area contributed by atoms with Crippen LogP contribution in [0, 0.1) is 0 Å². The zero-order chi connectivity index (χ0) is 14.9. The molecule has 1 aromatic carbocycles. The smallest absolute Gasteiger partial charge is 0.227 e. The molecule has 0 N–H and O–H groups in total. The van der Waals surface area contributed by atoms with E-state index in [9.17, 15) is 4.79 Å². The first-order valence-electron chi connectivity index (χ1n) is 7.50. The van der Waals surface area contributed by atoms with Crippen molar-refractivity contribution in [1.29, 1.82) is 0 Å². The molecule has 1 unspecified atom stereocenters. The van der Waals surface area contributed by atoms with Gasteiger partial charge in [-0.05, 0) is 56.9 Å². The van der Waals surface area contributed by atoms with Crippen LogP contribution < -0.4 is 9.64 Å². The molecule has 0 spiro atoms. The lowest BCUT2D eigenvalue weighted by atomic mass is 9.80. The Morgan fingerprint density at radius 2 is 2.10 bits per heavy atom. The Morgan fingerprint density at radius 3 is 2.70 bits per heavy atom. The van der Waals surface area contributed by atoms with Crippen molar-refractivity contribution in [2.45, 2.75) is 58.9 Å². The summed E-state index contributed by atoms with van der Waals surface area (Å²) in [5.74, 6) is 1.51. The van der Waals surface area contributed by atoms with Gasteiger partial charge in [0.1, 0.15) is 5.75 Å². The van der Waals surface area contributed by atoms with Gasteiger partial charge in [0.05, 0.1) is 6.61 Å². The third-order valence-electron chi connectivity index (χ3n) is 4.04. The minimum Gasteiger partial charge on any atom is -0.494 e. The van der Waals surface area contributed by atoms with Crippen LogP contribution in [0.25, 0.3) is 0 Å². The Labute approximate surface area is 121 Å². The van der Waals surface area contributed by atoms with Crippen molar-refractivity contribution in [3.8, 4) is 5.75 Å². The monoisotopic (exact) mass is 275 g/mol. The molecule has 1 aliphatic rings. The number of hydrogen-bond donors (Lipinski definition) is 0. The lowest BCUT2D eigenvalue weighted by molar-refractivity contribution is -0.119. The largest absolute Gasteiger partial charge is 0.494 e. The van der Waals surface area contributed by atoms with Gasteiger partial charge in [-0.1, -0.05) is 13.8 Å². The molecular formula is C17H25NO2. The third kappa shape index (κ3) is 2.54. The number of rotatable bonds is 3. The van der Waals surface area contributed by atoms with E-state index in [1.54, 1.807) is 0 Å². The molecule has 3 heteroatoms. The highest BCUT2D eigenvalue weighted by atomic mass is 16.5. The van der Waals surface area contributed by atoms with Gasteiger partial charge in [-0.15, -0.1) is 0 Å². The summed E-state index contributed by atoms with van der Waals surface area (Å²) >= 11 is 0. The molecule has 1 amide bonds. The van der Waals surface area contributed by atoms with Crippen LogP contribution in [0.1, 0.15) is 58.9 Å². The fourth-order valence-corrected chi connectivity index (χ4v) is 3.29. The van der Waals surface area contributed by atoms with E-state index < -0.39 is 0 Å². The summed E-state index contributed by atoms with van der Waals surface area (Å²) in [6, 6.07) is 6.09. The predicted molar refractivity (Wildman–Crippen MR) is 82.5 cm³/mol. The quantitative estimate of drug-likeness (QED) is 0.830. The lowest BCUT2D eigenvalue weighted by Gasteiger charge is -2.46. The van der Waals surface area contributed by atoms with Gasteiger partial charge in [0.25, 0.3) is 0 Å². The summed E-state index contributed by atoms with van der Waals surface area (Å²) in [4.78, 5) is 14.3. The Hall–Kier alpha value is -1.51. The second-order valence-electron chi connectivity index (χ2n) is 6.15. The van der Waals surface area contributed by atoms with Gasteiger partial charge in [-0.2, -0.15) is 0 Å². The minimum atomic E-state index is -0.132. The van der Waals surface area contributed by atoms with Gasteiger partial charge in [0, 0.05) is 17.6 Å². The van der Waals surface area contributed by atoms with E-state index in [1.807, 2.05) is 30.9 Å². The SMILES string of the molecule is CCOc1ccc2c(c1)C(C)CC(C)(C)N2C(=O)CC. The maximum atomic E-state index is 12.4. The molecule has 20 heavy (non-hydrogen) atoms. The molecule has 1 aromatic rings. The molecule has 1 heterocycles. The highest BCUT2D eigenvalue weighted by Crippen LogP contribution is 2.44. The van der Waals surface area contributed by atoms with Gasteiger partial charge in [-0.25, -0.2) is 0 Å². The molecule has 0 radical (unpaired) electrons. The number of ether oxygens (including phenoxy) is 1. The van der Waals surface area contributed by atoms with Gasteiger partial charge in [0.15, 0.2) is 0 Å². The van der Waals surface area contributed by atoms with Crippen LogP contribution in [-0.2, 0) is 4.79 Å². The molecule has 110 valence electrons. The molecule has 1 aliphatic heterocycles. The average Bonchev–Trinajstić information content (AvgIpc) is 2.38. The molecular weight excluding hydrogens is 250 g/mol. The van der Waals surface area contributed by atoms with Crippen molar-refractivity contribution >= 4 is 11.6 Å². The van der Waals surface area contributed by atoms with Gasteiger partial charge < -0.3 is 9.64 Å². The first-order chi connectivity index (χ1) is 9.40. The first kappa shape index (κ1) is 14.9. The van der Waals surface area contributed by atoms with E-state index in [-0.39, 0.29) is 11.4 Å². The zero-order valence-electron chi connectivity index (χ0n) is 13.2. The van der Waals surface area contributed by atoms with Gasteiger partial charge in [0.2, 0.25) is 5.91 Å². The number of carbonyl (C=O) groups is 1. The maximum absolute atomic E-state index is 12.4. The van der Waals surface area contributed by atoms with Crippen LogP contribution in [0.3, 0.4) is 0 Å². The minimum absolute atomic E-state index is 0.132. The van der Waals surface area contributed by atoms with E-state index in [1.165, 1.54) is 5.56 Å². The molecule has 1 atom stereocenters. The summed E-state index contributed by atoms with van der Waals surface area (Å²) in [6.45, 7) is 11.1. The van der Waals surface area contributed by atoms with E-state index >= 15 is 0 Å². The van der Waals surface area contributed by atoms with Crippen molar-refractivity contribution < 1.29 is 9.53 Å². The fraction of sp³-hybridized carbons (Fsp3) is 0.588. The van der Waals surface area contributed by atoms with Crippen molar-refractivity contribution in [2.24, 2.45) is 0 Å². The summed E-state index contributed by atoms with van der Waals surface area (Å²) in [6.07, 6.45) is 1.51. The second kappa shape index (κ2) is 5.47. The van der Waals surface area contributed by atoms with Gasteiger partial charge in [-0.3, -0.25) is 4.79 Å². The summed E-state index contributed by atoms with van der Waals surface area (Å²) < 4.78 is 5.59. The number of anilines is 1. The number of fused-ring (bicyclic) bond motifs is 1. The van der Waals surface area contributed by atoms with E-state index in [2.05, 4.69) is 26.8 Å². The Morgan fingerprint density at radius 1 is 1.40 bits per heavy atom. The van der Waals surface area contributed by atoms with Crippen LogP contribution in [0.15, 0.2) is 18.2 Å². The number of nitrogens with zero attached hydrogens (tertiary/aromatic N) is 1. The molecule has 0 saturated heterocycles. The summed E-state index contributed by atoms with van der Waals surface area (Å²) in [7, 11) is 0. The van der Waals surface area contributed by atoms with Crippen LogP contribution in [0.2, 0.25) is 0 Å². The van der Waals surface area contributed by atoms with Crippen LogP contribution in [0.5, 0.6) is 5.75 Å². The van der Waals surface area contributed by atoms with E-state index in [0.717, 1.165) is 17.9 Å². The topological polar surface area (TPSA) is 29.5 Å². The Balaban J connectivity index is 2.51. The van der Waals surface area contributed by atoms with Crippen molar-refractivity contribution in [3.63, 3.8) is 0 Å². The molecule has 0 saturated carbocycles. The third-order valence-corrected chi connectivity index (χ3v) is 4.04. The first-order valence-corrected chi connectivity index (χ1v) is 7.50. The van der Waals surface area contributed by atoms with Gasteiger partial charge >= 0.3 is 0 Å². The average molecular weight is 275 g/mol. The zero-order valence-corrected chi connectivity index (χ0v) is 13.2. The lowest BCUT2D eigenvalue weighted by Crippen LogP contribution is -2.51. The molecule has 0 aliphatic carbocycles. The number of carbonyl (C=O) groups excluding carboxylic acids is 1. The van der Waals surface area contributed by atoms with Crippen molar-refractivity contribution in [1.82, 2.24) is 0 Å². The number of benzene rings is 1. The van der Waals surface area contributed by atoms with Crippen LogP contribution in [0.4, 0.5) is 5.69 Å². The van der Waals surface area contributed by atoms with Crippen LogP contribution >= 0.6 is 0 Å². The normalized spacial score (nSPS) is 20.4. The molecule has 0 aromatic heterocycles. The number of amides is 1. The highest BCUT2D eigenvalue weighted by Gasteiger charge is 2.39. The van der Waals surface area contributed by atoms with Crippen LogP contribution in [-0.4, -0.2) is 18.1 Å². The molecule has 2 rings (SSSR count). The summed E-state index contributed by atoms with van der Waals surface area (Å²) in [5.41, 5.74) is 2.13. The molecule has 0 fully saturated rings. The summed E-state index contributed by atoms with van der Waals surface area (Å²) in [5, 5.41) is 0. The van der Waals surface area contributed by atoms with E-state index in [0.29, 0.717) is 18.9 Å². The standard InChI is InChI=1S/C17H25NO2/c1-6-16(19)18-15-9-8-13(20-7-2)10-14(15)12(3)11-17(18,4)5/h8-10,12H,6-7,11H2,1-5H3. The van der Waals surface area contributed by atoms with Crippen molar-refractivity contribution in [2.75, 3.05) is 11.5 Å². The molecule has 0 bridgehead atoms. The highest BCUT2D eigenvalue weighted by molar-refractivity contribution is 5.96. The Kier molecular flexibility index (Phi) is 4.07. The number of hydrogen-bond acceptors (Lipinski definition) is 2. The predicted octanol–water partition coefficient (Wildman–Crippen LogP) is 4.11. The van der Waals surface area contributed by atoms with Crippen molar-refractivity contribution in [3.05, 3.63) is 23.8 Å². The molecule has 3 nitrogen and oxygen atoms in total.